The van der Waals surface area contributed by atoms with Gasteiger partial charge in [-0.1, -0.05) is 45.1 Å². The fourth-order valence-electron chi connectivity index (χ4n) is 4.77. The molecule has 96 valence electrons. The molecule has 0 heterocycles. The highest BCUT2D eigenvalue weighted by atomic mass is 14.5. The monoisotopic (exact) mass is 232 g/mol. The third-order valence-electron chi connectivity index (χ3n) is 5.35. The number of allylic oxidation sites excluding steroid dienone is 2. The van der Waals surface area contributed by atoms with Crippen molar-refractivity contribution in [3.8, 4) is 0 Å². The first-order valence-electron chi connectivity index (χ1n) is 7.41. The fourth-order valence-corrected chi connectivity index (χ4v) is 4.77. The smallest absolute Gasteiger partial charge is 0.0225 e. The molecule has 0 bridgehead atoms. The summed E-state index contributed by atoms with van der Waals surface area (Å²) in [5.74, 6) is 2.96. The normalized spacial score (nSPS) is 40.2. The van der Waals surface area contributed by atoms with Crippen molar-refractivity contribution >= 4 is 0 Å². The fraction of sp³-hybridized carbons (Fsp3) is 0.765. The Morgan fingerprint density at radius 3 is 2.82 bits per heavy atom. The highest BCUT2D eigenvalue weighted by Gasteiger charge is 2.50. The van der Waals surface area contributed by atoms with Crippen LogP contribution < -0.4 is 0 Å². The number of hydrogen-bond donors (Lipinski definition) is 0. The van der Waals surface area contributed by atoms with Crippen LogP contribution in [0.15, 0.2) is 24.8 Å². The largest absolute Gasteiger partial charge is 0.0988 e. The predicted octanol–water partition coefficient (Wildman–Crippen LogP) is 5.36. The van der Waals surface area contributed by atoms with Crippen LogP contribution in [-0.2, 0) is 0 Å². The van der Waals surface area contributed by atoms with E-state index in [9.17, 15) is 0 Å². The molecule has 0 spiro atoms. The first-order valence-corrected chi connectivity index (χ1v) is 7.41. The summed E-state index contributed by atoms with van der Waals surface area (Å²) >= 11 is 0. The van der Waals surface area contributed by atoms with E-state index in [0.717, 1.165) is 17.8 Å². The van der Waals surface area contributed by atoms with Gasteiger partial charge in [0.05, 0.1) is 0 Å². The Labute approximate surface area is 107 Å². The molecule has 4 unspecified atom stereocenters. The van der Waals surface area contributed by atoms with E-state index in [-0.39, 0.29) is 0 Å². The molecular weight excluding hydrogens is 204 g/mol. The SMILES string of the molecule is C=CC(=C)CC1(CCC)CCC2CC(C)CC21. The number of rotatable bonds is 5. The van der Waals surface area contributed by atoms with Crippen molar-refractivity contribution in [1.29, 1.82) is 0 Å². The molecule has 4 atom stereocenters. The summed E-state index contributed by atoms with van der Waals surface area (Å²) < 4.78 is 0. The highest BCUT2D eigenvalue weighted by molar-refractivity contribution is 5.16. The topological polar surface area (TPSA) is 0 Å². The average molecular weight is 232 g/mol. The molecule has 2 saturated carbocycles. The molecule has 0 aromatic carbocycles. The van der Waals surface area contributed by atoms with Crippen molar-refractivity contribution in [1.82, 2.24) is 0 Å². The molecule has 2 rings (SSSR count). The summed E-state index contributed by atoms with van der Waals surface area (Å²) in [6.07, 6.45) is 11.8. The van der Waals surface area contributed by atoms with Gasteiger partial charge in [-0.3, -0.25) is 0 Å². The predicted molar refractivity (Wildman–Crippen MR) is 75.9 cm³/mol. The van der Waals surface area contributed by atoms with Crippen molar-refractivity contribution in [2.24, 2.45) is 23.2 Å². The molecule has 0 saturated heterocycles. The Bertz CT molecular complexity index is 297. The third kappa shape index (κ3) is 2.37. The van der Waals surface area contributed by atoms with Gasteiger partial charge in [0.1, 0.15) is 0 Å². The number of hydrogen-bond acceptors (Lipinski definition) is 0. The molecule has 0 radical (unpaired) electrons. The third-order valence-corrected chi connectivity index (χ3v) is 5.35. The van der Waals surface area contributed by atoms with Crippen molar-refractivity contribution in [3.05, 3.63) is 24.8 Å². The Hall–Kier alpha value is -0.520. The van der Waals surface area contributed by atoms with Gasteiger partial charge in [-0.25, -0.2) is 0 Å². The van der Waals surface area contributed by atoms with Crippen LogP contribution in [0.4, 0.5) is 0 Å². The molecule has 2 aliphatic carbocycles. The van der Waals surface area contributed by atoms with Crippen LogP contribution in [-0.4, -0.2) is 0 Å². The summed E-state index contributed by atoms with van der Waals surface area (Å²) in [6.45, 7) is 12.9. The van der Waals surface area contributed by atoms with Crippen LogP contribution in [0.1, 0.15) is 58.8 Å². The van der Waals surface area contributed by atoms with Gasteiger partial charge in [-0.15, -0.1) is 0 Å². The minimum absolute atomic E-state index is 0.579. The Balaban J connectivity index is 2.16. The Kier molecular flexibility index (Phi) is 3.80. The van der Waals surface area contributed by atoms with Crippen LogP contribution in [0, 0.1) is 23.2 Å². The van der Waals surface area contributed by atoms with Gasteiger partial charge in [0.2, 0.25) is 0 Å². The first-order chi connectivity index (χ1) is 8.11. The van der Waals surface area contributed by atoms with Crippen molar-refractivity contribution in [2.75, 3.05) is 0 Å². The van der Waals surface area contributed by atoms with Gasteiger partial charge in [-0.2, -0.15) is 0 Å². The maximum Gasteiger partial charge on any atom is -0.0225 e. The zero-order valence-electron chi connectivity index (χ0n) is 11.7. The highest BCUT2D eigenvalue weighted by Crippen LogP contribution is 2.60. The summed E-state index contributed by atoms with van der Waals surface area (Å²) in [4.78, 5) is 0. The maximum atomic E-state index is 4.18. The van der Waals surface area contributed by atoms with E-state index in [4.69, 9.17) is 0 Å². The van der Waals surface area contributed by atoms with E-state index >= 15 is 0 Å². The zero-order valence-corrected chi connectivity index (χ0v) is 11.7. The van der Waals surface area contributed by atoms with E-state index in [1.807, 2.05) is 6.08 Å². The van der Waals surface area contributed by atoms with Crippen molar-refractivity contribution in [2.45, 2.75) is 58.8 Å². The molecule has 2 aliphatic rings. The lowest BCUT2D eigenvalue weighted by Crippen LogP contribution is -2.27. The van der Waals surface area contributed by atoms with Crippen molar-refractivity contribution < 1.29 is 0 Å². The van der Waals surface area contributed by atoms with E-state index in [1.54, 1.807) is 0 Å². The molecule has 0 N–H and O–H groups in total. The quantitative estimate of drug-likeness (QED) is 0.560. The molecule has 0 amide bonds. The van der Waals surface area contributed by atoms with Crippen LogP contribution in [0.3, 0.4) is 0 Å². The second kappa shape index (κ2) is 5.00. The lowest BCUT2D eigenvalue weighted by atomic mass is 9.69. The molecule has 0 aromatic rings. The maximum absolute atomic E-state index is 4.18. The second-order valence-corrected chi connectivity index (χ2v) is 6.63. The van der Waals surface area contributed by atoms with Crippen LogP contribution in [0.2, 0.25) is 0 Å². The van der Waals surface area contributed by atoms with Gasteiger partial charge >= 0.3 is 0 Å². The van der Waals surface area contributed by atoms with Crippen LogP contribution in [0.25, 0.3) is 0 Å². The Morgan fingerprint density at radius 2 is 2.18 bits per heavy atom. The van der Waals surface area contributed by atoms with E-state index in [2.05, 4.69) is 27.0 Å². The van der Waals surface area contributed by atoms with Gasteiger partial charge in [-0.05, 0) is 61.7 Å². The summed E-state index contributed by atoms with van der Waals surface area (Å²) in [6, 6.07) is 0. The molecule has 0 nitrogen and oxygen atoms in total. The van der Waals surface area contributed by atoms with Gasteiger partial charge in [0, 0.05) is 0 Å². The molecular formula is C17H28. The molecule has 2 fully saturated rings. The lowest BCUT2D eigenvalue weighted by Gasteiger charge is -2.36. The van der Waals surface area contributed by atoms with E-state index in [0.29, 0.717) is 5.41 Å². The minimum atomic E-state index is 0.579. The van der Waals surface area contributed by atoms with E-state index in [1.165, 1.54) is 50.5 Å². The van der Waals surface area contributed by atoms with Gasteiger partial charge in [0.15, 0.2) is 0 Å². The zero-order chi connectivity index (χ0) is 12.5. The molecule has 0 aliphatic heterocycles. The standard InChI is InChI=1S/C17H28/c1-5-8-17(12-13(3)6-2)9-7-15-10-14(4)11-16(15)17/h6,14-16H,2-3,5,7-12H2,1,4H3. The Morgan fingerprint density at radius 1 is 1.41 bits per heavy atom. The van der Waals surface area contributed by atoms with Gasteiger partial charge in [0.25, 0.3) is 0 Å². The van der Waals surface area contributed by atoms with Crippen molar-refractivity contribution in [3.63, 3.8) is 0 Å². The summed E-state index contributed by atoms with van der Waals surface area (Å²) in [5.41, 5.74) is 1.84. The summed E-state index contributed by atoms with van der Waals surface area (Å²) in [5, 5.41) is 0. The summed E-state index contributed by atoms with van der Waals surface area (Å²) in [7, 11) is 0. The molecule has 17 heavy (non-hydrogen) atoms. The lowest BCUT2D eigenvalue weighted by molar-refractivity contribution is 0.162. The average Bonchev–Trinajstić information content (AvgIpc) is 2.80. The molecule has 0 aromatic heterocycles. The van der Waals surface area contributed by atoms with E-state index < -0.39 is 0 Å². The van der Waals surface area contributed by atoms with Crippen LogP contribution >= 0.6 is 0 Å². The number of fused-ring (bicyclic) bond motifs is 1. The second-order valence-electron chi connectivity index (χ2n) is 6.63. The first kappa shape index (κ1) is 12.9. The molecule has 0 heteroatoms. The van der Waals surface area contributed by atoms with Gasteiger partial charge < -0.3 is 0 Å². The van der Waals surface area contributed by atoms with Crippen LogP contribution in [0.5, 0.6) is 0 Å². The minimum Gasteiger partial charge on any atom is -0.0988 e.